The molecule has 1 fully saturated rings. The van der Waals surface area contributed by atoms with E-state index in [-0.39, 0.29) is 5.82 Å². The van der Waals surface area contributed by atoms with Crippen molar-refractivity contribution in [1.29, 1.82) is 0 Å². The molecule has 1 nitrogen and oxygen atoms in total. The molecule has 0 radical (unpaired) electrons. The number of unbranched alkanes of at least 4 members (excludes halogenated alkanes) is 2. The van der Waals surface area contributed by atoms with Crippen molar-refractivity contribution in [3.8, 4) is 0 Å². The quantitative estimate of drug-likeness (QED) is 0.678. The van der Waals surface area contributed by atoms with Gasteiger partial charge in [-0.1, -0.05) is 44.1 Å². The van der Waals surface area contributed by atoms with Crippen LogP contribution in [-0.4, -0.2) is 24.5 Å². The Kier molecular flexibility index (Phi) is 6.25. The zero-order chi connectivity index (χ0) is 14.2. The molecule has 2 rings (SSSR count). The zero-order valence-electron chi connectivity index (χ0n) is 12.5. The van der Waals surface area contributed by atoms with Gasteiger partial charge in [-0.25, -0.2) is 4.39 Å². The van der Waals surface area contributed by atoms with Crippen molar-refractivity contribution >= 4 is 6.08 Å². The molecule has 0 spiro atoms. The summed E-state index contributed by atoms with van der Waals surface area (Å²) in [4.78, 5) is 2.60. The number of halogens is 1. The van der Waals surface area contributed by atoms with Crippen molar-refractivity contribution in [3.63, 3.8) is 0 Å². The second-order valence-electron chi connectivity index (χ2n) is 5.82. The van der Waals surface area contributed by atoms with Crippen molar-refractivity contribution in [2.75, 3.05) is 19.6 Å². The van der Waals surface area contributed by atoms with Gasteiger partial charge >= 0.3 is 0 Å². The van der Waals surface area contributed by atoms with Gasteiger partial charge < -0.3 is 4.90 Å². The number of hydrogen-bond acceptors (Lipinski definition) is 1. The van der Waals surface area contributed by atoms with Gasteiger partial charge in [0.15, 0.2) is 0 Å². The molecular weight excluding hydrogens is 249 g/mol. The highest BCUT2D eigenvalue weighted by Gasteiger charge is 2.16. The molecule has 1 aliphatic rings. The van der Waals surface area contributed by atoms with E-state index in [1.54, 1.807) is 0 Å². The van der Waals surface area contributed by atoms with Crippen LogP contribution < -0.4 is 0 Å². The minimum absolute atomic E-state index is 0.165. The second kappa shape index (κ2) is 8.21. The van der Waals surface area contributed by atoms with Crippen molar-refractivity contribution in [3.05, 3.63) is 41.7 Å². The Morgan fingerprint density at radius 1 is 1.25 bits per heavy atom. The third-order valence-electron chi connectivity index (χ3n) is 4.05. The topological polar surface area (TPSA) is 3.24 Å². The Balaban J connectivity index is 1.81. The van der Waals surface area contributed by atoms with E-state index in [1.165, 1.54) is 63.9 Å². The molecule has 1 unspecified atom stereocenters. The Morgan fingerprint density at radius 3 is 2.80 bits per heavy atom. The lowest BCUT2D eigenvalue weighted by molar-refractivity contribution is 0.194. The van der Waals surface area contributed by atoms with Crippen LogP contribution in [0.25, 0.3) is 6.08 Å². The molecule has 1 aliphatic heterocycles. The third-order valence-corrected chi connectivity index (χ3v) is 4.05. The SMILES string of the molecule is CCCCCN1CCCC(/C=C\c2ccc(F)cc2)C1. The molecular formula is C18H26FN. The third kappa shape index (κ3) is 5.09. The first-order valence-corrected chi connectivity index (χ1v) is 7.94. The molecule has 1 saturated heterocycles. The lowest BCUT2D eigenvalue weighted by Gasteiger charge is -2.31. The first kappa shape index (κ1) is 15.2. The maximum Gasteiger partial charge on any atom is 0.123 e. The summed E-state index contributed by atoms with van der Waals surface area (Å²) in [5, 5.41) is 0. The predicted octanol–water partition coefficient (Wildman–Crippen LogP) is 4.74. The summed E-state index contributed by atoms with van der Waals surface area (Å²) in [6, 6.07) is 6.73. The van der Waals surface area contributed by atoms with Gasteiger partial charge in [0.05, 0.1) is 0 Å². The van der Waals surface area contributed by atoms with Crippen LogP contribution in [0.1, 0.15) is 44.6 Å². The number of benzene rings is 1. The minimum atomic E-state index is -0.165. The maximum absolute atomic E-state index is 12.8. The molecule has 1 atom stereocenters. The van der Waals surface area contributed by atoms with Crippen LogP contribution in [-0.2, 0) is 0 Å². The first-order valence-electron chi connectivity index (χ1n) is 7.94. The number of rotatable bonds is 6. The van der Waals surface area contributed by atoms with Crippen LogP contribution in [0.2, 0.25) is 0 Å². The van der Waals surface area contributed by atoms with Gasteiger partial charge in [0.2, 0.25) is 0 Å². The van der Waals surface area contributed by atoms with Gasteiger partial charge in [0, 0.05) is 6.54 Å². The fourth-order valence-electron chi connectivity index (χ4n) is 2.86. The van der Waals surface area contributed by atoms with E-state index >= 15 is 0 Å². The van der Waals surface area contributed by atoms with Crippen LogP contribution in [0.5, 0.6) is 0 Å². The second-order valence-corrected chi connectivity index (χ2v) is 5.82. The zero-order valence-corrected chi connectivity index (χ0v) is 12.5. The lowest BCUT2D eigenvalue weighted by Crippen LogP contribution is -2.35. The van der Waals surface area contributed by atoms with E-state index in [4.69, 9.17) is 0 Å². The molecule has 2 heteroatoms. The molecule has 1 heterocycles. The van der Waals surface area contributed by atoms with Gasteiger partial charge in [0.25, 0.3) is 0 Å². The Labute approximate surface area is 122 Å². The van der Waals surface area contributed by atoms with Crippen LogP contribution in [0.4, 0.5) is 4.39 Å². The minimum Gasteiger partial charge on any atom is -0.303 e. The number of hydrogen-bond donors (Lipinski definition) is 0. The van der Waals surface area contributed by atoms with E-state index in [1.807, 2.05) is 12.1 Å². The van der Waals surface area contributed by atoms with Gasteiger partial charge in [-0.3, -0.25) is 0 Å². The molecule has 0 bridgehead atoms. The summed E-state index contributed by atoms with van der Waals surface area (Å²) in [5.41, 5.74) is 1.09. The van der Waals surface area contributed by atoms with E-state index in [2.05, 4.69) is 24.0 Å². The van der Waals surface area contributed by atoms with Crippen molar-refractivity contribution in [1.82, 2.24) is 4.90 Å². The van der Waals surface area contributed by atoms with Crippen LogP contribution in [0.15, 0.2) is 30.3 Å². The summed E-state index contributed by atoms with van der Waals surface area (Å²) in [7, 11) is 0. The van der Waals surface area contributed by atoms with Gasteiger partial charge in [-0.05, 0) is 56.0 Å². The smallest absolute Gasteiger partial charge is 0.123 e. The van der Waals surface area contributed by atoms with Crippen molar-refractivity contribution in [2.24, 2.45) is 5.92 Å². The highest BCUT2D eigenvalue weighted by Crippen LogP contribution is 2.19. The summed E-state index contributed by atoms with van der Waals surface area (Å²) < 4.78 is 12.8. The predicted molar refractivity (Wildman–Crippen MR) is 84.1 cm³/mol. The molecule has 20 heavy (non-hydrogen) atoms. The molecule has 0 amide bonds. The van der Waals surface area contributed by atoms with Crippen molar-refractivity contribution in [2.45, 2.75) is 39.0 Å². The fourth-order valence-corrected chi connectivity index (χ4v) is 2.86. The van der Waals surface area contributed by atoms with Gasteiger partial charge in [-0.15, -0.1) is 0 Å². The Morgan fingerprint density at radius 2 is 2.05 bits per heavy atom. The molecule has 1 aromatic rings. The van der Waals surface area contributed by atoms with Gasteiger partial charge in [0.1, 0.15) is 5.82 Å². The standard InChI is InChI=1S/C18H26FN/c1-2-3-4-13-20-14-5-6-17(15-20)8-7-16-9-11-18(19)12-10-16/h7-12,17H,2-6,13-15H2,1H3/b8-7-. The summed E-state index contributed by atoms with van der Waals surface area (Å²) >= 11 is 0. The molecule has 1 aromatic carbocycles. The lowest BCUT2D eigenvalue weighted by atomic mass is 9.96. The monoisotopic (exact) mass is 275 g/mol. The Bertz CT molecular complexity index is 410. The van der Waals surface area contributed by atoms with E-state index in [9.17, 15) is 4.39 Å². The number of piperidine rings is 1. The van der Waals surface area contributed by atoms with Crippen LogP contribution in [0, 0.1) is 11.7 Å². The van der Waals surface area contributed by atoms with Crippen molar-refractivity contribution < 1.29 is 4.39 Å². The summed E-state index contributed by atoms with van der Waals surface area (Å²) in [6.07, 6.45) is 11.0. The normalized spacial score (nSPS) is 20.6. The highest BCUT2D eigenvalue weighted by atomic mass is 19.1. The highest BCUT2D eigenvalue weighted by molar-refractivity contribution is 5.49. The number of likely N-dealkylation sites (tertiary alicyclic amines) is 1. The molecule has 0 N–H and O–H groups in total. The van der Waals surface area contributed by atoms with Crippen LogP contribution >= 0.6 is 0 Å². The Hall–Kier alpha value is -1.15. The average molecular weight is 275 g/mol. The molecule has 0 saturated carbocycles. The van der Waals surface area contributed by atoms with Crippen LogP contribution in [0.3, 0.4) is 0 Å². The largest absolute Gasteiger partial charge is 0.303 e. The summed E-state index contributed by atoms with van der Waals surface area (Å²) in [5.74, 6) is 0.484. The summed E-state index contributed by atoms with van der Waals surface area (Å²) in [6.45, 7) is 5.94. The van der Waals surface area contributed by atoms with E-state index in [0.29, 0.717) is 5.92 Å². The maximum atomic E-state index is 12.8. The molecule has 0 aliphatic carbocycles. The van der Waals surface area contributed by atoms with E-state index < -0.39 is 0 Å². The first-order chi connectivity index (χ1) is 9.78. The fraction of sp³-hybridized carbons (Fsp3) is 0.556. The molecule has 0 aromatic heterocycles. The van der Waals surface area contributed by atoms with E-state index in [0.717, 1.165) is 5.56 Å². The number of nitrogens with zero attached hydrogens (tertiary/aromatic N) is 1. The molecule has 110 valence electrons. The average Bonchev–Trinajstić information content (AvgIpc) is 2.47. The van der Waals surface area contributed by atoms with Gasteiger partial charge in [-0.2, -0.15) is 0 Å².